The molecule has 0 aromatic carbocycles. The summed E-state index contributed by atoms with van der Waals surface area (Å²) < 4.78 is 5.32. The zero-order valence-corrected chi connectivity index (χ0v) is 9.39. The summed E-state index contributed by atoms with van der Waals surface area (Å²) in [6, 6.07) is 3.86. The Balaban J connectivity index is 2.13. The quantitative estimate of drug-likeness (QED) is 0.710. The van der Waals surface area contributed by atoms with Crippen LogP contribution in [0.2, 0.25) is 0 Å². The van der Waals surface area contributed by atoms with E-state index in [1.165, 1.54) is 0 Å². The summed E-state index contributed by atoms with van der Waals surface area (Å²) in [5.41, 5.74) is 1.63. The molecular formula is C12H15N3O. The van der Waals surface area contributed by atoms with E-state index in [4.69, 9.17) is 11.3 Å². The number of nitrogens with zero attached hydrogens (tertiary/aromatic N) is 3. The van der Waals surface area contributed by atoms with Crippen molar-refractivity contribution in [3.05, 3.63) is 35.4 Å². The molecule has 4 nitrogen and oxygen atoms in total. The lowest BCUT2D eigenvalue weighted by Gasteiger charge is -2.31. The molecule has 0 amide bonds. The summed E-state index contributed by atoms with van der Waals surface area (Å²) in [7, 11) is 0. The Morgan fingerprint density at radius 1 is 1.50 bits per heavy atom. The van der Waals surface area contributed by atoms with Gasteiger partial charge in [-0.1, -0.05) is 0 Å². The standard InChI is InChI=1S/C12H15N3O/c1-10(15-5-7-16-8-6-15)12-9-11(13-2)3-4-14-12/h3-4,9-10H,5-8H2,1H3. The highest BCUT2D eigenvalue weighted by Gasteiger charge is 2.19. The molecule has 1 aromatic heterocycles. The van der Waals surface area contributed by atoms with Gasteiger partial charge in [0, 0.05) is 31.0 Å². The van der Waals surface area contributed by atoms with Crippen molar-refractivity contribution >= 4 is 5.69 Å². The van der Waals surface area contributed by atoms with Crippen LogP contribution in [0.4, 0.5) is 5.69 Å². The molecule has 1 aliphatic heterocycles. The van der Waals surface area contributed by atoms with E-state index in [9.17, 15) is 0 Å². The predicted molar refractivity (Wildman–Crippen MR) is 61.3 cm³/mol. The fourth-order valence-corrected chi connectivity index (χ4v) is 1.89. The van der Waals surface area contributed by atoms with Crippen LogP contribution >= 0.6 is 0 Å². The Kier molecular flexibility index (Phi) is 3.50. The first-order valence-corrected chi connectivity index (χ1v) is 5.46. The van der Waals surface area contributed by atoms with Gasteiger partial charge in [-0.15, -0.1) is 0 Å². The van der Waals surface area contributed by atoms with Crippen LogP contribution in [0.3, 0.4) is 0 Å². The van der Waals surface area contributed by atoms with Crippen molar-refractivity contribution in [3.8, 4) is 0 Å². The van der Waals surface area contributed by atoms with Crippen LogP contribution in [-0.4, -0.2) is 36.2 Å². The number of rotatable bonds is 2. The minimum atomic E-state index is 0.255. The lowest BCUT2D eigenvalue weighted by Crippen LogP contribution is -2.38. The number of ether oxygens (including phenoxy) is 1. The maximum atomic E-state index is 6.99. The number of hydrogen-bond donors (Lipinski definition) is 0. The van der Waals surface area contributed by atoms with Crippen LogP contribution in [0.25, 0.3) is 4.85 Å². The smallest absolute Gasteiger partial charge is 0.190 e. The minimum absolute atomic E-state index is 0.255. The highest BCUT2D eigenvalue weighted by atomic mass is 16.5. The third-order valence-electron chi connectivity index (χ3n) is 2.92. The van der Waals surface area contributed by atoms with Gasteiger partial charge in [-0.25, -0.2) is 4.85 Å². The predicted octanol–water partition coefficient (Wildman–Crippen LogP) is 2.03. The molecule has 1 fully saturated rings. The fourth-order valence-electron chi connectivity index (χ4n) is 1.89. The number of pyridine rings is 1. The average Bonchev–Trinajstić information content (AvgIpc) is 2.39. The Morgan fingerprint density at radius 3 is 2.94 bits per heavy atom. The molecule has 0 saturated carbocycles. The van der Waals surface area contributed by atoms with Gasteiger partial charge >= 0.3 is 0 Å². The molecule has 0 aliphatic carbocycles. The van der Waals surface area contributed by atoms with E-state index in [2.05, 4.69) is 21.7 Å². The number of morpholine rings is 1. The number of aromatic nitrogens is 1. The van der Waals surface area contributed by atoms with Gasteiger partial charge in [-0.3, -0.25) is 9.88 Å². The highest BCUT2D eigenvalue weighted by Crippen LogP contribution is 2.22. The average molecular weight is 217 g/mol. The lowest BCUT2D eigenvalue weighted by atomic mass is 10.1. The van der Waals surface area contributed by atoms with Gasteiger partial charge in [0.25, 0.3) is 0 Å². The fraction of sp³-hybridized carbons (Fsp3) is 0.500. The third-order valence-corrected chi connectivity index (χ3v) is 2.92. The molecule has 84 valence electrons. The molecule has 1 aromatic rings. The van der Waals surface area contributed by atoms with E-state index in [1.807, 2.05) is 6.07 Å². The van der Waals surface area contributed by atoms with Gasteiger partial charge in [-0.2, -0.15) is 0 Å². The Hall–Kier alpha value is -1.44. The van der Waals surface area contributed by atoms with Crippen LogP contribution in [-0.2, 0) is 4.74 Å². The molecule has 4 heteroatoms. The van der Waals surface area contributed by atoms with Gasteiger partial charge < -0.3 is 4.74 Å². The summed E-state index contributed by atoms with van der Waals surface area (Å²) in [4.78, 5) is 10.1. The summed E-state index contributed by atoms with van der Waals surface area (Å²) in [5.74, 6) is 0. The summed E-state index contributed by atoms with van der Waals surface area (Å²) in [5, 5.41) is 0. The molecular weight excluding hydrogens is 202 g/mol. The van der Waals surface area contributed by atoms with E-state index >= 15 is 0 Å². The Labute approximate surface area is 95.7 Å². The first kappa shape index (κ1) is 11.1. The van der Waals surface area contributed by atoms with Crippen LogP contribution in [0.5, 0.6) is 0 Å². The van der Waals surface area contributed by atoms with Crippen molar-refractivity contribution in [2.24, 2.45) is 0 Å². The maximum absolute atomic E-state index is 6.99. The largest absolute Gasteiger partial charge is 0.379 e. The van der Waals surface area contributed by atoms with Crippen LogP contribution < -0.4 is 0 Å². The molecule has 1 atom stereocenters. The molecule has 1 unspecified atom stereocenters. The van der Waals surface area contributed by atoms with Crippen molar-refractivity contribution in [1.29, 1.82) is 0 Å². The van der Waals surface area contributed by atoms with Gasteiger partial charge in [0.15, 0.2) is 5.69 Å². The second kappa shape index (κ2) is 5.06. The van der Waals surface area contributed by atoms with E-state index in [1.54, 1.807) is 12.3 Å². The van der Waals surface area contributed by atoms with E-state index in [0.717, 1.165) is 32.0 Å². The van der Waals surface area contributed by atoms with Gasteiger partial charge in [-0.05, 0) is 19.1 Å². The first-order valence-electron chi connectivity index (χ1n) is 5.46. The zero-order chi connectivity index (χ0) is 11.4. The summed E-state index contributed by atoms with van der Waals surface area (Å²) in [6.07, 6.45) is 1.71. The highest BCUT2D eigenvalue weighted by molar-refractivity contribution is 5.44. The first-order chi connectivity index (χ1) is 7.81. The molecule has 0 spiro atoms. The molecule has 16 heavy (non-hydrogen) atoms. The van der Waals surface area contributed by atoms with E-state index < -0.39 is 0 Å². The van der Waals surface area contributed by atoms with Crippen LogP contribution in [0.15, 0.2) is 18.3 Å². The number of hydrogen-bond acceptors (Lipinski definition) is 3. The Bertz CT molecular complexity index is 393. The Morgan fingerprint density at radius 2 is 2.25 bits per heavy atom. The minimum Gasteiger partial charge on any atom is -0.379 e. The second-order valence-corrected chi connectivity index (χ2v) is 3.88. The van der Waals surface area contributed by atoms with E-state index in [0.29, 0.717) is 5.69 Å². The van der Waals surface area contributed by atoms with Crippen LogP contribution in [0, 0.1) is 6.57 Å². The van der Waals surface area contributed by atoms with Gasteiger partial charge in [0.05, 0.1) is 19.8 Å². The van der Waals surface area contributed by atoms with Crippen molar-refractivity contribution in [1.82, 2.24) is 9.88 Å². The van der Waals surface area contributed by atoms with E-state index in [-0.39, 0.29) is 6.04 Å². The van der Waals surface area contributed by atoms with Gasteiger partial charge in [0.1, 0.15) is 0 Å². The second-order valence-electron chi connectivity index (χ2n) is 3.88. The molecule has 0 radical (unpaired) electrons. The van der Waals surface area contributed by atoms with Crippen molar-refractivity contribution < 1.29 is 4.74 Å². The monoisotopic (exact) mass is 217 g/mol. The maximum Gasteiger partial charge on any atom is 0.190 e. The zero-order valence-electron chi connectivity index (χ0n) is 9.39. The summed E-state index contributed by atoms with van der Waals surface area (Å²) >= 11 is 0. The molecule has 0 bridgehead atoms. The molecule has 1 aliphatic rings. The normalized spacial score (nSPS) is 19.0. The molecule has 0 N–H and O–H groups in total. The van der Waals surface area contributed by atoms with Crippen molar-refractivity contribution in [2.75, 3.05) is 26.3 Å². The molecule has 2 heterocycles. The lowest BCUT2D eigenvalue weighted by molar-refractivity contribution is 0.0191. The van der Waals surface area contributed by atoms with Gasteiger partial charge in [0.2, 0.25) is 0 Å². The molecule has 2 rings (SSSR count). The molecule has 1 saturated heterocycles. The topological polar surface area (TPSA) is 29.7 Å². The SMILES string of the molecule is [C-]#[N+]c1ccnc(C(C)N2CCOCC2)c1. The van der Waals surface area contributed by atoms with Crippen molar-refractivity contribution in [2.45, 2.75) is 13.0 Å². The third kappa shape index (κ3) is 2.38. The summed E-state index contributed by atoms with van der Waals surface area (Å²) in [6.45, 7) is 12.6. The van der Waals surface area contributed by atoms with Crippen molar-refractivity contribution in [3.63, 3.8) is 0 Å². The van der Waals surface area contributed by atoms with Crippen LogP contribution in [0.1, 0.15) is 18.7 Å².